The fourth-order valence-electron chi connectivity index (χ4n) is 3.73. The number of methoxy groups -OCH3 is 2. The Morgan fingerprint density at radius 3 is 2.27 bits per heavy atom. The van der Waals surface area contributed by atoms with E-state index in [2.05, 4.69) is 11.0 Å². The van der Waals surface area contributed by atoms with Crippen LogP contribution in [0.3, 0.4) is 0 Å². The van der Waals surface area contributed by atoms with Crippen molar-refractivity contribution in [1.29, 1.82) is 0 Å². The quantitative estimate of drug-likeness (QED) is 0.475. The molecule has 0 amide bonds. The standard InChI is InChI=1S/C26H29NO6/c1-29-22-7-9-23(10-8-22)31-17-21(28)16-27(14-19-4-3-5-24(12-19)30-2)15-20-6-11-25-26(13-20)33-18-32-25/h3-13,21,28H,14-18H2,1-2H3/t21-/m0/s1. The van der Waals surface area contributed by atoms with E-state index in [1.54, 1.807) is 14.2 Å². The molecule has 1 N–H and O–H groups in total. The highest BCUT2D eigenvalue weighted by atomic mass is 16.7. The van der Waals surface area contributed by atoms with Crippen molar-refractivity contribution >= 4 is 0 Å². The van der Waals surface area contributed by atoms with Crippen molar-refractivity contribution in [1.82, 2.24) is 4.90 Å². The zero-order valence-corrected chi connectivity index (χ0v) is 18.9. The van der Waals surface area contributed by atoms with Crippen LogP contribution in [0.25, 0.3) is 0 Å². The van der Waals surface area contributed by atoms with Crippen LogP contribution in [0, 0.1) is 0 Å². The van der Waals surface area contributed by atoms with Crippen molar-refractivity contribution in [2.45, 2.75) is 19.2 Å². The first-order valence-electron chi connectivity index (χ1n) is 10.8. The smallest absolute Gasteiger partial charge is 0.231 e. The molecule has 3 aromatic carbocycles. The van der Waals surface area contributed by atoms with Gasteiger partial charge in [0.1, 0.15) is 30.0 Å². The molecule has 4 rings (SSSR count). The number of fused-ring (bicyclic) bond motifs is 1. The molecule has 0 unspecified atom stereocenters. The molecule has 0 bridgehead atoms. The lowest BCUT2D eigenvalue weighted by Gasteiger charge is -2.25. The highest BCUT2D eigenvalue weighted by Gasteiger charge is 2.17. The number of aliphatic hydroxyl groups is 1. The van der Waals surface area contributed by atoms with Gasteiger partial charge in [0, 0.05) is 19.6 Å². The van der Waals surface area contributed by atoms with E-state index in [1.807, 2.05) is 60.7 Å². The molecule has 1 heterocycles. The molecule has 7 nitrogen and oxygen atoms in total. The Bertz CT molecular complexity index is 1040. The minimum atomic E-state index is -0.674. The van der Waals surface area contributed by atoms with Crippen LogP contribution in [-0.4, -0.2) is 50.3 Å². The third kappa shape index (κ3) is 6.31. The summed E-state index contributed by atoms with van der Waals surface area (Å²) >= 11 is 0. The van der Waals surface area contributed by atoms with Crippen molar-refractivity contribution in [3.63, 3.8) is 0 Å². The maximum Gasteiger partial charge on any atom is 0.231 e. The summed E-state index contributed by atoms with van der Waals surface area (Å²) in [5, 5.41) is 10.7. The lowest BCUT2D eigenvalue weighted by molar-refractivity contribution is 0.0628. The van der Waals surface area contributed by atoms with E-state index < -0.39 is 6.10 Å². The molecule has 1 atom stereocenters. The van der Waals surface area contributed by atoms with Crippen molar-refractivity contribution in [3.8, 4) is 28.7 Å². The monoisotopic (exact) mass is 451 g/mol. The van der Waals surface area contributed by atoms with Gasteiger partial charge in [0.2, 0.25) is 6.79 Å². The maximum absolute atomic E-state index is 10.7. The lowest BCUT2D eigenvalue weighted by Crippen LogP contribution is -2.35. The van der Waals surface area contributed by atoms with Crippen LogP contribution >= 0.6 is 0 Å². The molecule has 1 aliphatic heterocycles. The second-order valence-corrected chi connectivity index (χ2v) is 7.85. The lowest BCUT2D eigenvalue weighted by atomic mass is 10.1. The minimum Gasteiger partial charge on any atom is -0.497 e. The van der Waals surface area contributed by atoms with Gasteiger partial charge in [-0.15, -0.1) is 0 Å². The van der Waals surface area contributed by atoms with E-state index in [1.165, 1.54) is 0 Å². The third-order valence-electron chi connectivity index (χ3n) is 5.35. The zero-order valence-electron chi connectivity index (χ0n) is 18.9. The molecule has 0 radical (unpaired) electrons. The van der Waals surface area contributed by atoms with Crippen LogP contribution in [0.1, 0.15) is 11.1 Å². The second kappa shape index (κ2) is 10.9. The largest absolute Gasteiger partial charge is 0.497 e. The zero-order chi connectivity index (χ0) is 23.0. The predicted octanol–water partition coefficient (Wildman–Crippen LogP) is 3.87. The van der Waals surface area contributed by atoms with E-state index in [0.29, 0.717) is 25.4 Å². The number of rotatable bonds is 11. The SMILES string of the molecule is COc1ccc(OC[C@@H](O)CN(Cc2cccc(OC)c2)Cc2ccc3c(c2)OCO3)cc1. The normalized spacial score (nSPS) is 13.1. The summed E-state index contributed by atoms with van der Waals surface area (Å²) in [6.07, 6.45) is -0.674. The molecule has 0 aliphatic carbocycles. The van der Waals surface area contributed by atoms with Crippen LogP contribution in [0.4, 0.5) is 0 Å². The summed E-state index contributed by atoms with van der Waals surface area (Å²) < 4.78 is 27.2. The van der Waals surface area contributed by atoms with Crippen LogP contribution in [0.15, 0.2) is 66.7 Å². The average Bonchev–Trinajstić information content (AvgIpc) is 3.31. The van der Waals surface area contributed by atoms with Crippen LogP contribution < -0.4 is 23.7 Å². The van der Waals surface area contributed by atoms with Crippen LogP contribution in [0.2, 0.25) is 0 Å². The number of hydrogen-bond acceptors (Lipinski definition) is 7. The first kappa shape index (κ1) is 22.8. The fraction of sp³-hybridized carbons (Fsp3) is 0.308. The van der Waals surface area contributed by atoms with E-state index in [-0.39, 0.29) is 13.4 Å². The van der Waals surface area contributed by atoms with Crippen LogP contribution in [0.5, 0.6) is 28.7 Å². The Morgan fingerprint density at radius 2 is 1.52 bits per heavy atom. The van der Waals surface area contributed by atoms with Gasteiger partial charge in [0.05, 0.1) is 14.2 Å². The highest BCUT2D eigenvalue weighted by Crippen LogP contribution is 2.33. The molecular formula is C26H29NO6. The molecule has 3 aromatic rings. The van der Waals surface area contributed by atoms with Gasteiger partial charge in [-0.25, -0.2) is 0 Å². The summed E-state index contributed by atoms with van der Waals surface area (Å²) in [6, 6.07) is 21.2. The summed E-state index contributed by atoms with van der Waals surface area (Å²) in [6.45, 7) is 2.14. The van der Waals surface area contributed by atoms with Crippen molar-refractivity contribution in [2.75, 3.05) is 34.2 Å². The second-order valence-electron chi connectivity index (χ2n) is 7.85. The molecule has 0 saturated heterocycles. The van der Waals surface area contributed by atoms with E-state index in [9.17, 15) is 5.11 Å². The van der Waals surface area contributed by atoms with E-state index in [4.69, 9.17) is 23.7 Å². The molecule has 7 heteroatoms. The van der Waals surface area contributed by atoms with Gasteiger partial charge in [-0.3, -0.25) is 4.90 Å². The van der Waals surface area contributed by atoms with E-state index >= 15 is 0 Å². The molecule has 0 fully saturated rings. The summed E-state index contributed by atoms with van der Waals surface area (Å²) in [4.78, 5) is 2.17. The Kier molecular flexibility index (Phi) is 7.55. The van der Waals surface area contributed by atoms with Gasteiger partial charge in [0.25, 0.3) is 0 Å². The molecule has 33 heavy (non-hydrogen) atoms. The number of hydrogen-bond donors (Lipinski definition) is 1. The van der Waals surface area contributed by atoms with E-state index in [0.717, 1.165) is 34.1 Å². The number of ether oxygens (including phenoxy) is 5. The van der Waals surface area contributed by atoms with Gasteiger partial charge in [-0.1, -0.05) is 18.2 Å². The summed E-state index contributed by atoms with van der Waals surface area (Å²) in [7, 11) is 3.28. The fourth-order valence-corrected chi connectivity index (χ4v) is 3.73. The van der Waals surface area contributed by atoms with Gasteiger partial charge in [0.15, 0.2) is 11.5 Å². The van der Waals surface area contributed by atoms with Gasteiger partial charge >= 0.3 is 0 Å². The topological polar surface area (TPSA) is 69.6 Å². The number of benzene rings is 3. The maximum atomic E-state index is 10.7. The summed E-state index contributed by atoms with van der Waals surface area (Å²) in [5.74, 6) is 3.75. The number of nitrogens with zero attached hydrogens (tertiary/aromatic N) is 1. The summed E-state index contributed by atoms with van der Waals surface area (Å²) in [5.41, 5.74) is 2.17. The van der Waals surface area contributed by atoms with Gasteiger partial charge in [-0.2, -0.15) is 0 Å². The average molecular weight is 452 g/mol. The first-order chi connectivity index (χ1) is 16.1. The minimum absolute atomic E-state index is 0.183. The third-order valence-corrected chi connectivity index (χ3v) is 5.35. The molecule has 1 aliphatic rings. The van der Waals surface area contributed by atoms with Crippen LogP contribution in [-0.2, 0) is 13.1 Å². The molecule has 0 aromatic heterocycles. The number of aliphatic hydroxyl groups excluding tert-OH is 1. The predicted molar refractivity (Wildman–Crippen MR) is 124 cm³/mol. The molecular weight excluding hydrogens is 422 g/mol. The Hall–Kier alpha value is -3.42. The molecule has 0 saturated carbocycles. The van der Waals surface area contributed by atoms with Crippen molar-refractivity contribution < 1.29 is 28.8 Å². The molecule has 0 spiro atoms. The van der Waals surface area contributed by atoms with Gasteiger partial charge < -0.3 is 28.8 Å². The Labute approximate surface area is 194 Å². The Morgan fingerprint density at radius 1 is 0.818 bits per heavy atom. The highest BCUT2D eigenvalue weighted by molar-refractivity contribution is 5.44. The first-order valence-corrected chi connectivity index (χ1v) is 10.8. The van der Waals surface area contributed by atoms with Crippen molar-refractivity contribution in [3.05, 3.63) is 77.9 Å². The van der Waals surface area contributed by atoms with Gasteiger partial charge in [-0.05, 0) is 59.7 Å². The van der Waals surface area contributed by atoms with Crippen molar-refractivity contribution in [2.24, 2.45) is 0 Å². The Balaban J connectivity index is 1.42. The molecule has 174 valence electrons.